The predicted molar refractivity (Wildman–Crippen MR) is 108 cm³/mol. The topological polar surface area (TPSA) is 131 Å². The normalized spacial score (nSPS) is 10.3. The third-order valence-corrected chi connectivity index (χ3v) is 4.35. The fraction of sp³-hybridized carbons (Fsp3) is 0.0952. The summed E-state index contributed by atoms with van der Waals surface area (Å²) < 4.78 is 5.06. The van der Waals surface area contributed by atoms with Crippen molar-refractivity contribution in [2.45, 2.75) is 0 Å². The first kappa shape index (κ1) is 20.5. The molecular weight excluding hydrogens is 390 g/mol. The molecule has 0 aliphatic rings. The highest BCUT2D eigenvalue weighted by Crippen LogP contribution is 2.27. The minimum atomic E-state index is -0.847. The van der Waals surface area contributed by atoms with Crippen LogP contribution in [0, 0.1) is 10.1 Å². The second kappa shape index (κ2) is 8.82. The van der Waals surface area contributed by atoms with Gasteiger partial charge in [-0.25, -0.2) is 4.79 Å². The zero-order valence-electron chi connectivity index (χ0n) is 15.9. The Balaban J connectivity index is 1.85. The molecule has 152 valence electrons. The van der Waals surface area contributed by atoms with Gasteiger partial charge in [0.05, 0.1) is 16.2 Å². The monoisotopic (exact) mass is 407 g/mol. The summed E-state index contributed by atoms with van der Waals surface area (Å²) in [5.74, 6) is -1.85. The summed E-state index contributed by atoms with van der Waals surface area (Å²) in [7, 11) is 1.53. The molecule has 2 aromatic carbocycles. The first-order valence-electron chi connectivity index (χ1n) is 8.86. The molecule has 0 spiro atoms. The maximum atomic E-state index is 12.9. The summed E-state index contributed by atoms with van der Waals surface area (Å²) in [5.41, 5.74) is 0.308. The molecule has 0 saturated carbocycles. The minimum Gasteiger partial charge on any atom is -0.454 e. The summed E-state index contributed by atoms with van der Waals surface area (Å²) in [5, 5.41) is 13.9. The molecule has 3 aromatic rings. The van der Waals surface area contributed by atoms with Gasteiger partial charge in [0.1, 0.15) is 5.69 Å². The highest BCUT2D eigenvalue weighted by atomic mass is 16.6. The molecule has 9 nitrogen and oxygen atoms in total. The van der Waals surface area contributed by atoms with Gasteiger partial charge in [-0.2, -0.15) is 0 Å². The van der Waals surface area contributed by atoms with E-state index in [1.807, 2.05) is 0 Å². The lowest BCUT2D eigenvalue weighted by Crippen LogP contribution is -2.17. The molecule has 1 heterocycles. The zero-order valence-corrected chi connectivity index (χ0v) is 15.9. The van der Waals surface area contributed by atoms with E-state index >= 15 is 0 Å². The number of anilines is 1. The second-order valence-corrected chi connectivity index (χ2v) is 6.20. The number of esters is 1. The van der Waals surface area contributed by atoms with Crippen LogP contribution in [-0.4, -0.2) is 41.1 Å². The van der Waals surface area contributed by atoms with Crippen LogP contribution in [0.15, 0.2) is 60.8 Å². The van der Waals surface area contributed by atoms with Gasteiger partial charge < -0.3 is 15.0 Å². The van der Waals surface area contributed by atoms with Crippen LogP contribution >= 0.6 is 0 Å². The lowest BCUT2D eigenvalue weighted by molar-refractivity contribution is -0.384. The van der Waals surface area contributed by atoms with E-state index in [0.29, 0.717) is 5.69 Å². The number of hydrogen-bond acceptors (Lipinski definition) is 7. The first-order valence-corrected chi connectivity index (χ1v) is 8.86. The number of rotatable bonds is 8. The fourth-order valence-corrected chi connectivity index (χ4v) is 2.84. The Hall–Kier alpha value is -4.27. The van der Waals surface area contributed by atoms with Crippen LogP contribution in [0.1, 0.15) is 36.8 Å². The van der Waals surface area contributed by atoms with Gasteiger partial charge in [0.2, 0.25) is 5.78 Å². The number of nitro benzene ring substituents is 1. The fourth-order valence-electron chi connectivity index (χ4n) is 2.84. The lowest BCUT2D eigenvalue weighted by Gasteiger charge is -2.09. The number of aromatic nitrogens is 1. The molecule has 9 heteroatoms. The largest absolute Gasteiger partial charge is 0.454 e. The second-order valence-electron chi connectivity index (χ2n) is 6.20. The van der Waals surface area contributed by atoms with Crippen molar-refractivity contribution in [1.29, 1.82) is 0 Å². The van der Waals surface area contributed by atoms with Gasteiger partial charge in [-0.05, 0) is 30.3 Å². The first-order chi connectivity index (χ1) is 14.4. The third-order valence-electron chi connectivity index (χ3n) is 4.35. The average Bonchev–Trinajstić information content (AvgIpc) is 3.31. The van der Waals surface area contributed by atoms with E-state index in [-0.39, 0.29) is 28.1 Å². The Morgan fingerprint density at radius 2 is 1.80 bits per heavy atom. The van der Waals surface area contributed by atoms with Gasteiger partial charge in [-0.3, -0.25) is 19.7 Å². The summed E-state index contributed by atoms with van der Waals surface area (Å²) in [6, 6.07) is 13.1. The number of carbonyl (C=O) groups excluding carboxylic acids is 3. The number of Topliss-reactive ketones (excluding diaryl/α,β-unsaturated/α-hetero) is 1. The molecule has 0 bridgehead atoms. The number of H-pyrrole nitrogens is 1. The molecule has 0 saturated heterocycles. The number of hydrogen-bond donors (Lipinski definition) is 2. The van der Waals surface area contributed by atoms with E-state index in [9.17, 15) is 24.5 Å². The summed E-state index contributed by atoms with van der Waals surface area (Å²) >= 11 is 0. The van der Waals surface area contributed by atoms with Crippen LogP contribution in [0.4, 0.5) is 11.4 Å². The summed E-state index contributed by atoms with van der Waals surface area (Å²) in [6.07, 6.45) is 1.57. The standard InChI is InChI=1S/C21H17N3O6/c1-22-16-9-8-13(11-18(16)24(28)29)20(26)14-5-2-3-6-15(14)21(27)30-12-19(25)17-7-4-10-23-17/h2-11,22-23H,12H2,1H3. The van der Waals surface area contributed by atoms with Gasteiger partial charge in [0.25, 0.3) is 5.69 Å². The molecule has 2 N–H and O–H groups in total. The maximum absolute atomic E-state index is 12.9. The van der Waals surface area contributed by atoms with E-state index in [0.717, 1.165) is 6.07 Å². The van der Waals surface area contributed by atoms with Gasteiger partial charge >= 0.3 is 5.97 Å². The average molecular weight is 407 g/mol. The Labute approximate surface area is 170 Å². The Bertz CT molecular complexity index is 1120. The van der Waals surface area contributed by atoms with Crippen LogP contribution in [0.25, 0.3) is 0 Å². The quantitative estimate of drug-likeness (QED) is 0.254. The molecule has 0 unspecified atom stereocenters. The van der Waals surface area contributed by atoms with E-state index in [1.165, 1.54) is 31.3 Å². The van der Waals surface area contributed by atoms with E-state index in [2.05, 4.69) is 10.3 Å². The van der Waals surface area contributed by atoms with Crippen molar-refractivity contribution < 1.29 is 24.0 Å². The smallest absolute Gasteiger partial charge is 0.339 e. The van der Waals surface area contributed by atoms with Crippen LogP contribution in [0.3, 0.4) is 0 Å². The van der Waals surface area contributed by atoms with Crippen molar-refractivity contribution in [3.63, 3.8) is 0 Å². The summed E-state index contributed by atoms with van der Waals surface area (Å²) in [4.78, 5) is 50.8. The molecule has 0 atom stereocenters. The van der Waals surface area contributed by atoms with Crippen molar-refractivity contribution in [2.24, 2.45) is 0 Å². The van der Waals surface area contributed by atoms with Gasteiger partial charge in [0, 0.05) is 30.4 Å². The van der Waals surface area contributed by atoms with Crippen molar-refractivity contribution in [3.05, 3.63) is 93.3 Å². The molecule has 3 rings (SSSR count). The van der Waals surface area contributed by atoms with E-state index in [1.54, 1.807) is 30.5 Å². The van der Waals surface area contributed by atoms with Crippen molar-refractivity contribution in [1.82, 2.24) is 4.98 Å². The molecule has 0 amide bonds. The number of benzene rings is 2. The molecule has 0 fully saturated rings. The minimum absolute atomic E-state index is 0.0151. The number of nitrogens with zero attached hydrogens (tertiary/aromatic N) is 1. The summed E-state index contributed by atoms with van der Waals surface area (Å²) in [6.45, 7) is -0.496. The predicted octanol–water partition coefficient (Wildman–Crippen LogP) is 3.24. The molecule has 30 heavy (non-hydrogen) atoms. The highest BCUT2D eigenvalue weighted by molar-refractivity contribution is 6.15. The molecule has 0 radical (unpaired) electrons. The van der Waals surface area contributed by atoms with E-state index in [4.69, 9.17) is 4.74 Å². The van der Waals surface area contributed by atoms with E-state index < -0.39 is 29.1 Å². The van der Waals surface area contributed by atoms with Gasteiger partial charge in [0.15, 0.2) is 12.4 Å². The van der Waals surface area contributed by atoms with Crippen LogP contribution in [0.2, 0.25) is 0 Å². The highest BCUT2D eigenvalue weighted by Gasteiger charge is 2.23. The zero-order chi connectivity index (χ0) is 21.7. The molecule has 0 aliphatic heterocycles. The number of nitro groups is 1. The van der Waals surface area contributed by atoms with Crippen LogP contribution in [0.5, 0.6) is 0 Å². The Morgan fingerprint density at radius 3 is 2.43 bits per heavy atom. The molecular formula is C21H17N3O6. The van der Waals surface area contributed by atoms with Crippen molar-refractivity contribution >= 4 is 28.9 Å². The van der Waals surface area contributed by atoms with Crippen LogP contribution in [-0.2, 0) is 4.74 Å². The van der Waals surface area contributed by atoms with Crippen molar-refractivity contribution in [2.75, 3.05) is 19.0 Å². The lowest BCUT2D eigenvalue weighted by atomic mass is 9.97. The molecule has 0 aliphatic carbocycles. The SMILES string of the molecule is CNc1ccc(C(=O)c2ccccc2C(=O)OCC(=O)c2ccc[nH]2)cc1[N+](=O)[O-]. The van der Waals surface area contributed by atoms with Gasteiger partial charge in [-0.1, -0.05) is 18.2 Å². The number of aromatic amines is 1. The third kappa shape index (κ3) is 4.25. The number of ether oxygens (including phenoxy) is 1. The number of nitrogens with one attached hydrogen (secondary N) is 2. The Kier molecular flexibility index (Phi) is 6.02. The number of ketones is 2. The number of carbonyl (C=O) groups is 3. The maximum Gasteiger partial charge on any atom is 0.339 e. The van der Waals surface area contributed by atoms with Crippen molar-refractivity contribution in [3.8, 4) is 0 Å². The molecule has 1 aromatic heterocycles. The Morgan fingerprint density at radius 1 is 1.07 bits per heavy atom. The van der Waals surface area contributed by atoms with Crippen LogP contribution < -0.4 is 5.32 Å². The van der Waals surface area contributed by atoms with Gasteiger partial charge in [-0.15, -0.1) is 0 Å².